The molecule has 1 aromatic heterocycles. The molecule has 1 N–H and O–H groups in total. The van der Waals surface area contributed by atoms with Gasteiger partial charge in [-0.3, -0.25) is 9.69 Å². The third-order valence-corrected chi connectivity index (χ3v) is 5.43. The Hall–Kier alpha value is -2.14. The van der Waals surface area contributed by atoms with Gasteiger partial charge in [0.05, 0.1) is 11.7 Å². The van der Waals surface area contributed by atoms with E-state index in [4.69, 9.17) is 0 Å². The highest BCUT2D eigenvalue weighted by Crippen LogP contribution is 2.30. The Bertz CT molecular complexity index is 735. The van der Waals surface area contributed by atoms with Crippen LogP contribution in [-0.4, -0.2) is 33.7 Å². The van der Waals surface area contributed by atoms with Crippen molar-refractivity contribution in [3.63, 3.8) is 0 Å². The summed E-state index contributed by atoms with van der Waals surface area (Å²) in [6.45, 7) is 5.00. The fourth-order valence-corrected chi connectivity index (χ4v) is 3.78. The molecule has 1 saturated carbocycles. The SMILES string of the molecule is Cc1cc(NC(=O)C2CCC2)n(C2CCN(Cc3ccccc3)C2)n1. The fourth-order valence-electron chi connectivity index (χ4n) is 3.78. The summed E-state index contributed by atoms with van der Waals surface area (Å²) in [5, 5.41) is 7.78. The molecule has 1 saturated heterocycles. The molecule has 0 bridgehead atoms. The zero-order valence-corrected chi connectivity index (χ0v) is 14.8. The number of carbonyl (C=O) groups excluding carboxylic acids is 1. The monoisotopic (exact) mass is 338 g/mol. The quantitative estimate of drug-likeness (QED) is 0.909. The number of hydrogen-bond acceptors (Lipinski definition) is 3. The Morgan fingerprint density at radius 2 is 2.04 bits per heavy atom. The van der Waals surface area contributed by atoms with Crippen molar-refractivity contribution in [2.45, 2.75) is 45.2 Å². The van der Waals surface area contributed by atoms with Crippen LogP contribution < -0.4 is 5.32 Å². The molecule has 2 aromatic rings. The van der Waals surface area contributed by atoms with Crippen LogP contribution in [0, 0.1) is 12.8 Å². The standard InChI is InChI=1S/C20H26N4O/c1-15-12-19(21-20(25)17-8-5-9-17)24(22-15)18-10-11-23(14-18)13-16-6-3-2-4-7-16/h2-4,6-7,12,17-18H,5,8-11,13-14H2,1H3,(H,21,25). The first kappa shape index (κ1) is 16.3. The molecule has 1 atom stereocenters. The molecule has 1 aliphatic carbocycles. The molecule has 132 valence electrons. The van der Waals surface area contributed by atoms with Gasteiger partial charge < -0.3 is 5.32 Å². The van der Waals surface area contributed by atoms with Crippen LogP contribution in [0.15, 0.2) is 36.4 Å². The molecular weight excluding hydrogens is 312 g/mol. The number of benzene rings is 1. The minimum Gasteiger partial charge on any atom is -0.311 e. The summed E-state index contributed by atoms with van der Waals surface area (Å²) in [7, 11) is 0. The van der Waals surface area contributed by atoms with E-state index in [1.807, 2.05) is 17.7 Å². The number of hydrogen-bond donors (Lipinski definition) is 1. The molecule has 2 aliphatic rings. The Balaban J connectivity index is 1.42. The van der Waals surface area contributed by atoms with Gasteiger partial charge in [0, 0.05) is 31.6 Å². The summed E-state index contributed by atoms with van der Waals surface area (Å²) in [4.78, 5) is 14.8. The van der Waals surface area contributed by atoms with E-state index < -0.39 is 0 Å². The van der Waals surface area contributed by atoms with Crippen LogP contribution in [0.25, 0.3) is 0 Å². The minimum atomic E-state index is 0.159. The molecule has 5 nitrogen and oxygen atoms in total. The summed E-state index contributed by atoms with van der Waals surface area (Å²) in [6, 6.07) is 12.9. The predicted octanol–water partition coefficient (Wildman–Crippen LogP) is 3.38. The Kier molecular flexibility index (Phi) is 4.57. The maximum Gasteiger partial charge on any atom is 0.228 e. The van der Waals surface area contributed by atoms with Gasteiger partial charge in [0.25, 0.3) is 0 Å². The van der Waals surface area contributed by atoms with Gasteiger partial charge >= 0.3 is 0 Å². The third-order valence-electron chi connectivity index (χ3n) is 5.43. The Morgan fingerprint density at radius 1 is 1.24 bits per heavy atom. The first-order valence-corrected chi connectivity index (χ1v) is 9.32. The third kappa shape index (κ3) is 3.61. The zero-order valence-electron chi connectivity index (χ0n) is 14.8. The average Bonchev–Trinajstić information content (AvgIpc) is 3.13. The lowest BCUT2D eigenvalue weighted by atomic mass is 9.85. The predicted molar refractivity (Wildman–Crippen MR) is 98.3 cm³/mol. The van der Waals surface area contributed by atoms with Crippen molar-refractivity contribution < 1.29 is 4.79 Å². The van der Waals surface area contributed by atoms with E-state index in [1.54, 1.807) is 0 Å². The second-order valence-corrected chi connectivity index (χ2v) is 7.40. The van der Waals surface area contributed by atoms with Crippen LogP contribution in [0.4, 0.5) is 5.82 Å². The van der Waals surface area contributed by atoms with Crippen LogP contribution in [0.2, 0.25) is 0 Å². The van der Waals surface area contributed by atoms with E-state index in [0.717, 1.165) is 50.4 Å². The van der Waals surface area contributed by atoms with Crippen LogP contribution in [0.1, 0.15) is 43.0 Å². The first-order valence-electron chi connectivity index (χ1n) is 9.32. The van der Waals surface area contributed by atoms with Crippen molar-refractivity contribution in [3.05, 3.63) is 47.7 Å². The largest absolute Gasteiger partial charge is 0.311 e. The van der Waals surface area contributed by atoms with Crippen LogP contribution >= 0.6 is 0 Å². The Morgan fingerprint density at radius 3 is 2.76 bits per heavy atom. The molecule has 1 aromatic carbocycles. The summed E-state index contributed by atoms with van der Waals surface area (Å²) < 4.78 is 2.04. The van der Waals surface area contributed by atoms with Gasteiger partial charge in [0.1, 0.15) is 5.82 Å². The zero-order chi connectivity index (χ0) is 17.2. The molecule has 5 heteroatoms. The van der Waals surface area contributed by atoms with Crippen molar-refractivity contribution in [1.29, 1.82) is 0 Å². The number of rotatable bonds is 5. The van der Waals surface area contributed by atoms with Crippen LogP contribution in [-0.2, 0) is 11.3 Å². The summed E-state index contributed by atoms with van der Waals surface area (Å²) >= 11 is 0. The van der Waals surface area contributed by atoms with Gasteiger partial charge in [0.15, 0.2) is 0 Å². The number of aromatic nitrogens is 2. The normalized spacial score (nSPS) is 21.2. The molecule has 0 radical (unpaired) electrons. The second kappa shape index (κ2) is 7.00. The number of aryl methyl sites for hydroxylation is 1. The van der Waals surface area contributed by atoms with E-state index in [1.165, 1.54) is 12.0 Å². The molecule has 0 spiro atoms. The summed E-state index contributed by atoms with van der Waals surface area (Å²) in [6.07, 6.45) is 4.29. The second-order valence-electron chi connectivity index (χ2n) is 7.40. The van der Waals surface area contributed by atoms with Crippen molar-refractivity contribution in [2.24, 2.45) is 5.92 Å². The topological polar surface area (TPSA) is 50.2 Å². The average molecular weight is 338 g/mol. The maximum absolute atomic E-state index is 12.3. The van der Waals surface area contributed by atoms with E-state index in [9.17, 15) is 4.79 Å². The number of amides is 1. The van der Waals surface area contributed by atoms with E-state index in [2.05, 4.69) is 45.6 Å². The molecule has 1 unspecified atom stereocenters. The van der Waals surface area contributed by atoms with E-state index >= 15 is 0 Å². The lowest BCUT2D eigenvalue weighted by Gasteiger charge is -2.24. The minimum absolute atomic E-state index is 0.159. The van der Waals surface area contributed by atoms with Crippen LogP contribution in [0.3, 0.4) is 0 Å². The van der Waals surface area contributed by atoms with Gasteiger partial charge in [-0.15, -0.1) is 0 Å². The van der Waals surface area contributed by atoms with Crippen molar-refractivity contribution in [1.82, 2.24) is 14.7 Å². The van der Waals surface area contributed by atoms with Gasteiger partial charge in [-0.25, -0.2) is 4.68 Å². The summed E-state index contributed by atoms with van der Waals surface area (Å²) in [5.41, 5.74) is 2.31. The highest BCUT2D eigenvalue weighted by molar-refractivity contribution is 5.92. The molecule has 1 amide bonds. The lowest BCUT2D eigenvalue weighted by Crippen LogP contribution is -2.30. The van der Waals surface area contributed by atoms with E-state index in [-0.39, 0.29) is 11.8 Å². The van der Waals surface area contributed by atoms with Gasteiger partial charge in [-0.05, 0) is 31.7 Å². The van der Waals surface area contributed by atoms with Crippen molar-refractivity contribution >= 4 is 11.7 Å². The number of carbonyl (C=O) groups is 1. The van der Waals surface area contributed by atoms with Gasteiger partial charge in [0.2, 0.25) is 5.91 Å². The number of nitrogens with one attached hydrogen (secondary N) is 1. The number of anilines is 1. The maximum atomic E-state index is 12.3. The summed E-state index contributed by atoms with van der Waals surface area (Å²) in [5.74, 6) is 1.22. The first-order chi connectivity index (χ1) is 12.2. The van der Waals surface area contributed by atoms with Crippen molar-refractivity contribution in [3.8, 4) is 0 Å². The van der Waals surface area contributed by atoms with Gasteiger partial charge in [-0.2, -0.15) is 5.10 Å². The molecule has 4 rings (SSSR count). The molecular formula is C20H26N4O. The highest BCUT2D eigenvalue weighted by atomic mass is 16.2. The highest BCUT2D eigenvalue weighted by Gasteiger charge is 2.29. The van der Waals surface area contributed by atoms with Gasteiger partial charge in [-0.1, -0.05) is 36.8 Å². The Labute approximate surface area is 149 Å². The number of nitrogens with zero attached hydrogens (tertiary/aromatic N) is 3. The molecule has 2 fully saturated rings. The molecule has 2 heterocycles. The van der Waals surface area contributed by atoms with E-state index in [0.29, 0.717) is 6.04 Å². The fraction of sp³-hybridized carbons (Fsp3) is 0.500. The smallest absolute Gasteiger partial charge is 0.228 e. The molecule has 25 heavy (non-hydrogen) atoms. The molecule has 1 aliphatic heterocycles. The number of likely N-dealkylation sites (tertiary alicyclic amines) is 1. The van der Waals surface area contributed by atoms with Crippen molar-refractivity contribution in [2.75, 3.05) is 18.4 Å². The lowest BCUT2D eigenvalue weighted by molar-refractivity contribution is -0.122. The van der Waals surface area contributed by atoms with Crippen LogP contribution in [0.5, 0.6) is 0 Å².